The highest BCUT2D eigenvalue weighted by molar-refractivity contribution is 5.38. The molecule has 0 bridgehead atoms. The Balaban J connectivity index is 1.98. The summed E-state index contributed by atoms with van der Waals surface area (Å²) < 4.78 is 5.98. The summed E-state index contributed by atoms with van der Waals surface area (Å²) in [6, 6.07) is 7.47. The van der Waals surface area contributed by atoms with Gasteiger partial charge in [-0.15, -0.1) is 0 Å². The molecule has 0 saturated carbocycles. The van der Waals surface area contributed by atoms with Crippen molar-refractivity contribution in [1.82, 2.24) is 5.32 Å². The lowest BCUT2D eigenvalue weighted by Gasteiger charge is -2.38. The fraction of sp³-hybridized carbons (Fsp3) is 0.600. The van der Waals surface area contributed by atoms with Gasteiger partial charge in [-0.05, 0) is 35.4 Å². The first kappa shape index (κ1) is 11.2. The average Bonchev–Trinajstić information content (AvgIpc) is 2.38. The molecule has 3 rings (SSSR count). The van der Waals surface area contributed by atoms with E-state index in [2.05, 4.69) is 37.4 Å². The second-order valence-electron chi connectivity index (χ2n) is 5.50. The Kier molecular flexibility index (Phi) is 2.93. The van der Waals surface area contributed by atoms with Crippen LogP contribution in [-0.2, 0) is 11.2 Å². The van der Waals surface area contributed by atoms with E-state index in [9.17, 15) is 0 Å². The quantitative estimate of drug-likeness (QED) is 0.802. The zero-order valence-corrected chi connectivity index (χ0v) is 10.7. The van der Waals surface area contributed by atoms with Crippen molar-refractivity contribution >= 4 is 0 Å². The predicted molar refractivity (Wildman–Crippen MR) is 69.3 cm³/mol. The molecule has 1 aliphatic heterocycles. The van der Waals surface area contributed by atoms with E-state index >= 15 is 0 Å². The van der Waals surface area contributed by atoms with Crippen molar-refractivity contribution in [3.63, 3.8) is 0 Å². The van der Waals surface area contributed by atoms with E-state index in [1.807, 2.05) is 0 Å². The summed E-state index contributed by atoms with van der Waals surface area (Å²) in [5.74, 6) is 0.595. The van der Waals surface area contributed by atoms with Crippen LogP contribution >= 0.6 is 0 Å². The molecular formula is C15H21NO. The molecular weight excluding hydrogens is 210 g/mol. The number of aryl methyl sites for hydroxylation is 1. The third-order valence-electron chi connectivity index (χ3n) is 4.04. The van der Waals surface area contributed by atoms with Crippen LogP contribution in [0.25, 0.3) is 0 Å². The highest BCUT2D eigenvalue weighted by Gasteiger charge is 2.32. The number of hydrogen-bond donors (Lipinski definition) is 1. The SMILES string of the molecule is CC(C)c1ccc2c(c1)C1OCCNC1CC2. The lowest BCUT2D eigenvalue weighted by molar-refractivity contribution is -0.0127. The Morgan fingerprint density at radius 3 is 3.06 bits per heavy atom. The minimum Gasteiger partial charge on any atom is -0.371 e. The van der Waals surface area contributed by atoms with Crippen molar-refractivity contribution in [2.75, 3.05) is 13.2 Å². The van der Waals surface area contributed by atoms with Crippen molar-refractivity contribution < 1.29 is 4.74 Å². The number of rotatable bonds is 1. The van der Waals surface area contributed by atoms with Crippen molar-refractivity contribution in [3.8, 4) is 0 Å². The van der Waals surface area contributed by atoms with Gasteiger partial charge in [0.25, 0.3) is 0 Å². The summed E-state index contributed by atoms with van der Waals surface area (Å²) in [6.07, 6.45) is 2.68. The zero-order chi connectivity index (χ0) is 11.8. The van der Waals surface area contributed by atoms with Crippen LogP contribution in [0.15, 0.2) is 18.2 Å². The predicted octanol–water partition coefficient (Wildman–Crippen LogP) is 2.79. The largest absolute Gasteiger partial charge is 0.371 e. The van der Waals surface area contributed by atoms with Gasteiger partial charge in [-0.1, -0.05) is 32.0 Å². The minimum atomic E-state index is 0.284. The molecule has 2 heteroatoms. The summed E-state index contributed by atoms with van der Waals surface area (Å²) in [5, 5.41) is 3.59. The maximum Gasteiger partial charge on any atom is 0.0981 e. The van der Waals surface area contributed by atoms with Crippen LogP contribution < -0.4 is 5.32 Å². The fourth-order valence-corrected chi connectivity index (χ4v) is 2.99. The molecule has 2 unspecified atom stereocenters. The second kappa shape index (κ2) is 4.43. The van der Waals surface area contributed by atoms with Gasteiger partial charge in [-0.3, -0.25) is 0 Å². The number of fused-ring (bicyclic) bond motifs is 3. The van der Waals surface area contributed by atoms with Gasteiger partial charge in [0.05, 0.1) is 12.7 Å². The molecule has 1 aromatic rings. The molecule has 92 valence electrons. The normalized spacial score (nSPS) is 27.7. The Morgan fingerprint density at radius 1 is 1.35 bits per heavy atom. The monoisotopic (exact) mass is 231 g/mol. The van der Waals surface area contributed by atoms with Crippen LogP contribution in [0, 0.1) is 0 Å². The Morgan fingerprint density at radius 2 is 2.24 bits per heavy atom. The van der Waals surface area contributed by atoms with Crippen molar-refractivity contribution in [3.05, 3.63) is 34.9 Å². The molecule has 1 aliphatic carbocycles. The molecule has 2 aliphatic rings. The summed E-state index contributed by atoms with van der Waals surface area (Å²) in [4.78, 5) is 0. The first-order chi connectivity index (χ1) is 8.25. The fourth-order valence-electron chi connectivity index (χ4n) is 2.99. The smallest absolute Gasteiger partial charge is 0.0981 e. The summed E-state index contributed by atoms with van der Waals surface area (Å²) in [7, 11) is 0. The third kappa shape index (κ3) is 2.00. The van der Waals surface area contributed by atoms with E-state index in [0.29, 0.717) is 12.0 Å². The van der Waals surface area contributed by atoms with Gasteiger partial charge in [0.15, 0.2) is 0 Å². The van der Waals surface area contributed by atoms with E-state index in [1.54, 1.807) is 0 Å². The Hall–Kier alpha value is -0.860. The number of morpholine rings is 1. The van der Waals surface area contributed by atoms with Gasteiger partial charge in [0, 0.05) is 12.6 Å². The molecule has 2 nitrogen and oxygen atoms in total. The second-order valence-corrected chi connectivity index (χ2v) is 5.50. The van der Waals surface area contributed by atoms with Gasteiger partial charge in [-0.2, -0.15) is 0 Å². The van der Waals surface area contributed by atoms with E-state index in [1.165, 1.54) is 29.5 Å². The van der Waals surface area contributed by atoms with E-state index in [-0.39, 0.29) is 6.10 Å². The first-order valence-electron chi connectivity index (χ1n) is 6.73. The third-order valence-corrected chi connectivity index (χ3v) is 4.04. The first-order valence-corrected chi connectivity index (χ1v) is 6.73. The highest BCUT2D eigenvalue weighted by Crippen LogP contribution is 2.35. The molecule has 1 N–H and O–H groups in total. The maximum absolute atomic E-state index is 5.98. The lowest BCUT2D eigenvalue weighted by Crippen LogP contribution is -2.45. The molecule has 2 atom stereocenters. The van der Waals surface area contributed by atoms with Crippen LogP contribution in [0.4, 0.5) is 0 Å². The molecule has 1 aromatic carbocycles. The minimum absolute atomic E-state index is 0.284. The number of ether oxygens (including phenoxy) is 1. The number of hydrogen-bond acceptors (Lipinski definition) is 2. The van der Waals surface area contributed by atoms with Crippen LogP contribution in [-0.4, -0.2) is 19.2 Å². The van der Waals surface area contributed by atoms with Crippen LogP contribution in [0.2, 0.25) is 0 Å². The maximum atomic E-state index is 5.98. The number of benzene rings is 1. The van der Waals surface area contributed by atoms with Crippen molar-refractivity contribution in [1.29, 1.82) is 0 Å². The van der Waals surface area contributed by atoms with Gasteiger partial charge in [0.1, 0.15) is 0 Å². The average molecular weight is 231 g/mol. The highest BCUT2D eigenvalue weighted by atomic mass is 16.5. The molecule has 0 aromatic heterocycles. The summed E-state index contributed by atoms with van der Waals surface area (Å²) >= 11 is 0. The van der Waals surface area contributed by atoms with Gasteiger partial charge in [0.2, 0.25) is 0 Å². The topological polar surface area (TPSA) is 21.3 Å². The van der Waals surface area contributed by atoms with Crippen LogP contribution in [0.1, 0.15) is 49.0 Å². The standard InChI is InChI=1S/C15H21NO/c1-10(2)12-4-3-11-5-6-14-15(13(11)9-12)17-8-7-16-14/h3-4,9-10,14-16H,5-8H2,1-2H3. The van der Waals surface area contributed by atoms with Crippen molar-refractivity contribution in [2.45, 2.75) is 44.8 Å². The zero-order valence-electron chi connectivity index (χ0n) is 10.7. The van der Waals surface area contributed by atoms with Crippen LogP contribution in [0.5, 0.6) is 0 Å². The molecule has 17 heavy (non-hydrogen) atoms. The van der Waals surface area contributed by atoms with Gasteiger partial charge >= 0.3 is 0 Å². The molecule has 0 amide bonds. The summed E-state index contributed by atoms with van der Waals surface area (Å²) in [5.41, 5.74) is 4.34. The molecule has 1 heterocycles. The lowest BCUT2D eigenvalue weighted by atomic mass is 9.83. The summed E-state index contributed by atoms with van der Waals surface area (Å²) in [6.45, 7) is 6.34. The molecule has 1 fully saturated rings. The van der Waals surface area contributed by atoms with Gasteiger partial charge in [-0.25, -0.2) is 0 Å². The van der Waals surface area contributed by atoms with E-state index in [4.69, 9.17) is 4.74 Å². The Bertz CT molecular complexity index is 413. The molecule has 0 spiro atoms. The molecule has 0 radical (unpaired) electrons. The Labute approximate surface area is 103 Å². The van der Waals surface area contributed by atoms with E-state index < -0.39 is 0 Å². The van der Waals surface area contributed by atoms with Gasteiger partial charge < -0.3 is 10.1 Å². The van der Waals surface area contributed by atoms with Crippen molar-refractivity contribution in [2.24, 2.45) is 0 Å². The van der Waals surface area contributed by atoms with E-state index in [0.717, 1.165) is 13.2 Å². The molecule has 1 saturated heterocycles. The van der Waals surface area contributed by atoms with Crippen LogP contribution in [0.3, 0.4) is 0 Å². The number of nitrogens with one attached hydrogen (secondary N) is 1.